The quantitative estimate of drug-likeness (QED) is 0.377. The van der Waals surface area contributed by atoms with Crippen LogP contribution in [0.5, 0.6) is 5.75 Å². The Morgan fingerprint density at radius 1 is 1.07 bits per heavy atom. The summed E-state index contributed by atoms with van der Waals surface area (Å²) >= 11 is 0. The summed E-state index contributed by atoms with van der Waals surface area (Å²) in [7, 11) is 0. The number of hydrogen-bond donors (Lipinski definition) is 0. The molecule has 0 atom stereocenters. The van der Waals surface area contributed by atoms with Crippen LogP contribution in [0.25, 0.3) is 11.0 Å². The number of esters is 1. The average molecular weight is 370 g/mol. The van der Waals surface area contributed by atoms with Gasteiger partial charge in [-0.05, 0) is 36.8 Å². The largest absolute Gasteiger partial charge is 0.482 e. The maximum atomic E-state index is 13.1. The van der Waals surface area contributed by atoms with Crippen LogP contribution >= 0.6 is 0 Å². The minimum absolute atomic E-state index is 0.114. The molecule has 0 radical (unpaired) electrons. The summed E-state index contributed by atoms with van der Waals surface area (Å²) in [5.41, 5.74) is 0.742. The Balaban J connectivity index is 1.57. The van der Waals surface area contributed by atoms with E-state index in [4.69, 9.17) is 13.9 Å². The zero-order chi connectivity index (χ0) is 19.4. The maximum Gasteiger partial charge on any atom is 0.344 e. The van der Waals surface area contributed by atoms with Gasteiger partial charge in [0.05, 0.1) is 0 Å². The topological polar surface area (TPSA) is 82.8 Å². The number of rotatable bonds is 6. The Bertz CT molecular complexity index is 1070. The minimum atomic E-state index is -0.759. The predicted octanol–water partition coefficient (Wildman–Crippen LogP) is 3.05. The molecule has 0 saturated heterocycles. The average Bonchev–Trinajstić information content (AvgIpc) is 2.64. The molecule has 0 amide bonds. The summed E-state index contributed by atoms with van der Waals surface area (Å²) in [6, 6.07) is 11.3. The van der Waals surface area contributed by atoms with Gasteiger partial charge in [0.15, 0.2) is 19.0 Å². The molecule has 1 aromatic heterocycles. The highest BCUT2D eigenvalue weighted by atomic mass is 19.1. The summed E-state index contributed by atoms with van der Waals surface area (Å²) in [6.45, 7) is 0.836. The van der Waals surface area contributed by atoms with E-state index in [9.17, 15) is 18.8 Å². The number of fused-ring (bicyclic) bond motifs is 1. The third-order valence-corrected chi connectivity index (χ3v) is 3.79. The minimum Gasteiger partial charge on any atom is -0.482 e. The molecule has 0 aliphatic rings. The van der Waals surface area contributed by atoms with Crippen molar-refractivity contribution in [2.45, 2.75) is 6.92 Å². The second kappa shape index (κ2) is 7.82. The summed E-state index contributed by atoms with van der Waals surface area (Å²) in [5, 5.41) is 0.755. The molecule has 138 valence electrons. The molecule has 2 aromatic carbocycles. The van der Waals surface area contributed by atoms with E-state index >= 15 is 0 Å². The van der Waals surface area contributed by atoms with E-state index in [2.05, 4.69) is 0 Å². The molecule has 0 bridgehead atoms. The highest BCUT2D eigenvalue weighted by molar-refractivity contribution is 5.98. The van der Waals surface area contributed by atoms with E-state index in [0.29, 0.717) is 11.3 Å². The van der Waals surface area contributed by atoms with Crippen molar-refractivity contribution >= 4 is 22.7 Å². The lowest BCUT2D eigenvalue weighted by molar-refractivity contribution is -0.144. The van der Waals surface area contributed by atoms with Crippen LogP contribution < -0.4 is 10.4 Å². The van der Waals surface area contributed by atoms with Gasteiger partial charge in [-0.3, -0.25) is 4.79 Å². The summed E-state index contributed by atoms with van der Waals surface area (Å²) < 4.78 is 28.3. The van der Waals surface area contributed by atoms with Crippen LogP contribution in [0.1, 0.15) is 15.9 Å². The lowest BCUT2D eigenvalue weighted by atomic mass is 10.1. The first-order chi connectivity index (χ1) is 12.9. The van der Waals surface area contributed by atoms with Crippen LogP contribution in [-0.2, 0) is 9.53 Å². The number of hydrogen-bond acceptors (Lipinski definition) is 6. The molecule has 3 aromatic rings. The van der Waals surface area contributed by atoms with E-state index in [1.165, 1.54) is 30.3 Å². The van der Waals surface area contributed by atoms with E-state index in [1.54, 1.807) is 19.1 Å². The third-order valence-electron chi connectivity index (χ3n) is 3.79. The fourth-order valence-electron chi connectivity index (χ4n) is 2.47. The number of carbonyl (C=O) groups is 2. The molecule has 27 heavy (non-hydrogen) atoms. The van der Waals surface area contributed by atoms with Gasteiger partial charge in [0.1, 0.15) is 17.1 Å². The monoisotopic (exact) mass is 370 g/mol. The fraction of sp³-hybridized carbons (Fsp3) is 0.150. The lowest BCUT2D eigenvalue weighted by Crippen LogP contribution is -2.19. The van der Waals surface area contributed by atoms with E-state index in [1.807, 2.05) is 0 Å². The molecule has 0 aliphatic heterocycles. The Morgan fingerprint density at radius 3 is 2.67 bits per heavy atom. The fourth-order valence-corrected chi connectivity index (χ4v) is 2.47. The van der Waals surface area contributed by atoms with Crippen LogP contribution in [0.15, 0.2) is 57.7 Å². The molecule has 0 unspecified atom stereocenters. The Labute approximate surface area is 153 Å². The van der Waals surface area contributed by atoms with Gasteiger partial charge in [0, 0.05) is 23.1 Å². The molecule has 0 saturated carbocycles. The lowest BCUT2D eigenvalue weighted by Gasteiger charge is -2.08. The first-order valence-corrected chi connectivity index (χ1v) is 8.04. The molecule has 0 spiro atoms. The van der Waals surface area contributed by atoms with Gasteiger partial charge in [0.2, 0.25) is 0 Å². The van der Waals surface area contributed by atoms with Crippen molar-refractivity contribution < 1.29 is 27.9 Å². The Morgan fingerprint density at radius 2 is 1.89 bits per heavy atom. The standard InChI is InChI=1S/C20H15FO6/c1-12-7-19(23)27-18-9-15(5-6-16(12)18)25-11-20(24)26-10-17(22)13-3-2-4-14(21)8-13/h2-9H,10-11H2,1H3. The number of carbonyl (C=O) groups excluding carboxylic acids is 2. The van der Waals surface area contributed by atoms with E-state index in [-0.39, 0.29) is 5.56 Å². The molecule has 3 rings (SSSR count). The van der Waals surface area contributed by atoms with Crippen molar-refractivity contribution in [2.75, 3.05) is 13.2 Å². The van der Waals surface area contributed by atoms with Crippen LogP contribution in [0.3, 0.4) is 0 Å². The molecule has 0 fully saturated rings. The summed E-state index contributed by atoms with van der Waals surface area (Å²) in [5.74, 6) is -1.52. The molecular formula is C20H15FO6. The zero-order valence-electron chi connectivity index (χ0n) is 14.4. The van der Waals surface area contributed by atoms with Gasteiger partial charge in [-0.25, -0.2) is 14.0 Å². The van der Waals surface area contributed by atoms with Crippen molar-refractivity contribution in [3.05, 3.63) is 75.9 Å². The number of halogens is 1. The number of Topliss-reactive ketones (excluding diaryl/α,β-unsaturated/α-hetero) is 1. The van der Waals surface area contributed by atoms with Crippen LogP contribution in [0, 0.1) is 12.7 Å². The van der Waals surface area contributed by atoms with Crippen molar-refractivity contribution in [3.63, 3.8) is 0 Å². The van der Waals surface area contributed by atoms with Crippen molar-refractivity contribution in [1.82, 2.24) is 0 Å². The van der Waals surface area contributed by atoms with E-state index in [0.717, 1.165) is 17.0 Å². The van der Waals surface area contributed by atoms with Gasteiger partial charge in [-0.1, -0.05) is 12.1 Å². The van der Waals surface area contributed by atoms with E-state index < -0.39 is 36.4 Å². The molecule has 0 N–H and O–H groups in total. The van der Waals surface area contributed by atoms with Gasteiger partial charge in [-0.2, -0.15) is 0 Å². The zero-order valence-corrected chi connectivity index (χ0v) is 14.4. The first kappa shape index (κ1) is 18.3. The normalized spacial score (nSPS) is 10.6. The highest BCUT2D eigenvalue weighted by Crippen LogP contribution is 2.22. The van der Waals surface area contributed by atoms with Gasteiger partial charge in [0.25, 0.3) is 0 Å². The highest BCUT2D eigenvalue weighted by Gasteiger charge is 2.12. The SMILES string of the molecule is Cc1cc(=O)oc2cc(OCC(=O)OCC(=O)c3cccc(F)c3)ccc12. The Hall–Kier alpha value is -3.48. The molecule has 1 heterocycles. The number of ketones is 1. The van der Waals surface area contributed by atoms with Crippen molar-refractivity contribution in [1.29, 1.82) is 0 Å². The summed E-state index contributed by atoms with van der Waals surface area (Å²) in [6.07, 6.45) is 0. The van der Waals surface area contributed by atoms with Gasteiger partial charge >= 0.3 is 11.6 Å². The Kier molecular flexibility index (Phi) is 5.30. The van der Waals surface area contributed by atoms with Crippen LogP contribution in [-0.4, -0.2) is 25.0 Å². The maximum absolute atomic E-state index is 13.1. The molecule has 6 nitrogen and oxygen atoms in total. The smallest absolute Gasteiger partial charge is 0.344 e. The molecule has 7 heteroatoms. The van der Waals surface area contributed by atoms with Crippen molar-refractivity contribution in [2.24, 2.45) is 0 Å². The predicted molar refractivity (Wildman–Crippen MR) is 94.4 cm³/mol. The molecule has 0 aliphatic carbocycles. The molecular weight excluding hydrogens is 355 g/mol. The van der Waals surface area contributed by atoms with Gasteiger partial charge < -0.3 is 13.9 Å². The second-order valence-corrected chi connectivity index (χ2v) is 5.79. The third kappa shape index (κ3) is 4.58. The van der Waals surface area contributed by atoms with Crippen molar-refractivity contribution in [3.8, 4) is 5.75 Å². The van der Waals surface area contributed by atoms with Crippen LogP contribution in [0.2, 0.25) is 0 Å². The number of benzene rings is 2. The summed E-state index contributed by atoms with van der Waals surface area (Å²) in [4.78, 5) is 35.0. The van der Waals surface area contributed by atoms with Crippen LogP contribution in [0.4, 0.5) is 4.39 Å². The van der Waals surface area contributed by atoms with Gasteiger partial charge in [-0.15, -0.1) is 0 Å². The first-order valence-electron chi connectivity index (χ1n) is 8.04. The number of aryl methyl sites for hydroxylation is 1. The second-order valence-electron chi connectivity index (χ2n) is 5.79. The number of ether oxygens (including phenoxy) is 2.